The number of benzene rings is 2. The molecule has 0 aliphatic rings. The van der Waals surface area contributed by atoms with Crippen molar-refractivity contribution in [2.75, 3.05) is 33.4 Å². The highest BCUT2D eigenvalue weighted by molar-refractivity contribution is 5.86. The summed E-state index contributed by atoms with van der Waals surface area (Å²) in [5, 5.41) is 1.18. The normalized spacial score (nSPS) is 11.2. The third-order valence-electron chi connectivity index (χ3n) is 5.87. The Morgan fingerprint density at radius 2 is 1.73 bits per heavy atom. The van der Waals surface area contributed by atoms with E-state index in [0.29, 0.717) is 26.2 Å². The van der Waals surface area contributed by atoms with Gasteiger partial charge in [0.05, 0.1) is 13.2 Å². The Hall–Kier alpha value is -3.12. The highest BCUT2D eigenvalue weighted by Crippen LogP contribution is 2.19. The van der Waals surface area contributed by atoms with Crippen molar-refractivity contribution in [2.45, 2.75) is 33.7 Å². The molecule has 6 heteroatoms. The number of methoxy groups -OCH3 is 1. The predicted octanol–water partition coefficient (Wildman–Crippen LogP) is 4.18. The number of nitrogens with zero attached hydrogens (tertiary/aromatic N) is 2. The smallest absolute Gasteiger partial charge is 0.242 e. The lowest BCUT2D eigenvalue weighted by Crippen LogP contribution is -2.45. The van der Waals surface area contributed by atoms with Gasteiger partial charge >= 0.3 is 0 Å². The van der Waals surface area contributed by atoms with E-state index >= 15 is 0 Å². The van der Waals surface area contributed by atoms with Crippen molar-refractivity contribution in [3.8, 4) is 0 Å². The molecule has 0 aliphatic heterocycles. The SMILES string of the molecule is COCCN(CC(=O)N(CCc1c[nH]c2ccccc12)Cc1ccc(C)cc1)C(=O)C(C)C. The standard InChI is InChI=1S/C27H35N3O3/c1-20(2)27(32)30(15-16-33-4)19-26(31)29(18-22-11-9-21(3)10-12-22)14-13-23-17-28-25-8-6-5-7-24(23)25/h5-12,17,20,28H,13-16,18-19H2,1-4H3. The molecule has 1 N–H and O–H groups in total. The van der Waals surface area contributed by atoms with E-state index in [9.17, 15) is 9.59 Å². The Morgan fingerprint density at radius 3 is 2.42 bits per heavy atom. The van der Waals surface area contributed by atoms with Crippen LogP contribution in [0.1, 0.15) is 30.5 Å². The molecule has 0 spiro atoms. The third-order valence-corrected chi connectivity index (χ3v) is 5.87. The van der Waals surface area contributed by atoms with Crippen LogP contribution in [0.2, 0.25) is 0 Å². The molecule has 0 aliphatic carbocycles. The maximum atomic E-state index is 13.4. The largest absolute Gasteiger partial charge is 0.383 e. The topological polar surface area (TPSA) is 65.6 Å². The zero-order chi connectivity index (χ0) is 23.8. The number of amides is 2. The predicted molar refractivity (Wildman–Crippen MR) is 132 cm³/mol. The van der Waals surface area contributed by atoms with Crippen molar-refractivity contribution in [3.63, 3.8) is 0 Å². The van der Waals surface area contributed by atoms with Crippen molar-refractivity contribution >= 4 is 22.7 Å². The number of hydrogen-bond donors (Lipinski definition) is 1. The summed E-state index contributed by atoms with van der Waals surface area (Å²) in [4.78, 5) is 32.9. The maximum Gasteiger partial charge on any atom is 0.242 e. The van der Waals surface area contributed by atoms with Crippen LogP contribution < -0.4 is 0 Å². The van der Waals surface area contributed by atoms with Crippen LogP contribution in [0.4, 0.5) is 0 Å². The molecule has 0 unspecified atom stereocenters. The lowest BCUT2D eigenvalue weighted by atomic mass is 10.1. The highest BCUT2D eigenvalue weighted by atomic mass is 16.5. The van der Waals surface area contributed by atoms with Gasteiger partial charge in [0.25, 0.3) is 0 Å². The monoisotopic (exact) mass is 449 g/mol. The van der Waals surface area contributed by atoms with Crippen LogP contribution in [0.25, 0.3) is 10.9 Å². The fraction of sp³-hybridized carbons (Fsp3) is 0.407. The van der Waals surface area contributed by atoms with Gasteiger partial charge in [0.15, 0.2) is 0 Å². The average Bonchev–Trinajstić information content (AvgIpc) is 3.23. The quantitative estimate of drug-likeness (QED) is 0.478. The van der Waals surface area contributed by atoms with Gasteiger partial charge in [0.1, 0.15) is 0 Å². The second-order valence-corrected chi connectivity index (χ2v) is 8.82. The number of ether oxygens (including phenoxy) is 1. The minimum atomic E-state index is -0.175. The van der Waals surface area contributed by atoms with E-state index in [1.54, 1.807) is 12.0 Å². The lowest BCUT2D eigenvalue weighted by molar-refractivity contribution is -0.143. The Balaban J connectivity index is 1.77. The fourth-order valence-corrected chi connectivity index (χ4v) is 3.90. The van der Waals surface area contributed by atoms with Gasteiger partial charge in [-0.05, 0) is 30.5 Å². The van der Waals surface area contributed by atoms with E-state index in [1.165, 1.54) is 16.5 Å². The first-order chi connectivity index (χ1) is 15.9. The first kappa shape index (κ1) is 24.5. The van der Waals surface area contributed by atoms with Crippen LogP contribution in [0.15, 0.2) is 54.7 Å². The van der Waals surface area contributed by atoms with Crippen LogP contribution in [-0.2, 0) is 27.3 Å². The van der Waals surface area contributed by atoms with E-state index in [2.05, 4.69) is 48.3 Å². The Kier molecular flexibility index (Phi) is 8.66. The Labute approximate surface area is 196 Å². The molecule has 3 rings (SSSR count). The molecule has 0 atom stereocenters. The molecule has 0 bridgehead atoms. The van der Waals surface area contributed by atoms with Gasteiger partial charge in [-0.3, -0.25) is 9.59 Å². The Morgan fingerprint density at radius 1 is 1.00 bits per heavy atom. The minimum absolute atomic E-state index is 0.0349. The number of aromatic amines is 1. The number of carbonyl (C=O) groups is 2. The lowest BCUT2D eigenvalue weighted by Gasteiger charge is -2.29. The van der Waals surface area contributed by atoms with E-state index in [1.807, 2.05) is 37.1 Å². The molecule has 6 nitrogen and oxygen atoms in total. The molecule has 1 heterocycles. The Bertz CT molecular complexity index is 1060. The molecule has 2 amide bonds. The van der Waals surface area contributed by atoms with E-state index in [4.69, 9.17) is 4.74 Å². The molecule has 3 aromatic rings. The summed E-state index contributed by atoms with van der Waals surface area (Å²) in [6.07, 6.45) is 2.75. The third kappa shape index (κ3) is 6.68. The molecule has 176 valence electrons. The van der Waals surface area contributed by atoms with Gasteiger partial charge in [-0.15, -0.1) is 0 Å². The summed E-state index contributed by atoms with van der Waals surface area (Å²) in [6, 6.07) is 16.4. The molecule has 0 saturated heterocycles. The van der Waals surface area contributed by atoms with Crippen LogP contribution in [0.5, 0.6) is 0 Å². The number of hydrogen-bond acceptors (Lipinski definition) is 3. The molecule has 1 aromatic heterocycles. The number of para-hydroxylation sites is 1. The van der Waals surface area contributed by atoms with Gasteiger partial charge in [-0.1, -0.05) is 61.9 Å². The molecule has 0 saturated carbocycles. The molecular weight excluding hydrogens is 414 g/mol. The summed E-state index contributed by atoms with van der Waals surface area (Å²) < 4.78 is 5.17. The van der Waals surface area contributed by atoms with Crippen molar-refractivity contribution < 1.29 is 14.3 Å². The maximum absolute atomic E-state index is 13.4. The van der Waals surface area contributed by atoms with Crippen molar-refractivity contribution in [1.29, 1.82) is 0 Å². The summed E-state index contributed by atoms with van der Waals surface area (Å²) >= 11 is 0. The van der Waals surface area contributed by atoms with E-state index < -0.39 is 0 Å². The summed E-state index contributed by atoms with van der Waals surface area (Å²) in [5.41, 5.74) is 4.54. The van der Waals surface area contributed by atoms with Gasteiger partial charge in [0, 0.05) is 49.8 Å². The van der Waals surface area contributed by atoms with E-state index in [0.717, 1.165) is 17.5 Å². The number of nitrogens with one attached hydrogen (secondary N) is 1. The molecule has 33 heavy (non-hydrogen) atoms. The van der Waals surface area contributed by atoms with Crippen LogP contribution in [0.3, 0.4) is 0 Å². The first-order valence-corrected chi connectivity index (χ1v) is 11.5. The van der Waals surface area contributed by atoms with Gasteiger partial charge < -0.3 is 19.5 Å². The molecule has 0 radical (unpaired) electrons. The van der Waals surface area contributed by atoms with Crippen LogP contribution in [-0.4, -0.2) is 59.9 Å². The highest BCUT2D eigenvalue weighted by Gasteiger charge is 2.23. The zero-order valence-corrected chi connectivity index (χ0v) is 20.1. The van der Waals surface area contributed by atoms with Gasteiger partial charge in [0.2, 0.25) is 11.8 Å². The zero-order valence-electron chi connectivity index (χ0n) is 20.1. The summed E-state index contributed by atoms with van der Waals surface area (Å²) in [5.74, 6) is -0.265. The number of carbonyl (C=O) groups excluding carboxylic acids is 2. The minimum Gasteiger partial charge on any atom is -0.383 e. The molecule has 2 aromatic carbocycles. The second kappa shape index (κ2) is 11.7. The molecule has 0 fully saturated rings. The second-order valence-electron chi connectivity index (χ2n) is 8.82. The summed E-state index contributed by atoms with van der Waals surface area (Å²) in [6.45, 7) is 7.70. The number of rotatable bonds is 11. The van der Waals surface area contributed by atoms with Crippen molar-refractivity contribution in [2.24, 2.45) is 5.92 Å². The number of aryl methyl sites for hydroxylation is 1. The van der Waals surface area contributed by atoms with Gasteiger partial charge in [-0.25, -0.2) is 0 Å². The van der Waals surface area contributed by atoms with Crippen LogP contribution in [0, 0.1) is 12.8 Å². The summed E-state index contributed by atoms with van der Waals surface area (Å²) in [7, 11) is 1.60. The first-order valence-electron chi connectivity index (χ1n) is 11.5. The average molecular weight is 450 g/mol. The van der Waals surface area contributed by atoms with Crippen molar-refractivity contribution in [3.05, 3.63) is 71.4 Å². The molecular formula is C27H35N3O3. The number of aromatic nitrogens is 1. The van der Waals surface area contributed by atoms with Crippen LogP contribution >= 0.6 is 0 Å². The number of H-pyrrole nitrogens is 1. The van der Waals surface area contributed by atoms with E-state index in [-0.39, 0.29) is 24.3 Å². The van der Waals surface area contributed by atoms with Crippen molar-refractivity contribution in [1.82, 2.24) is 14.8 Å². The fourth-order valence-electron chi connectivity index (χ4n) is 3.90. The number of fused-ring (bicyclic) bond motifs is 1. The van der Waals surface area contributed by atoms with Gasteiger partial charge in [-0.2, -0.15) is 0 Å².